The van der Waals surface area contributed by atoms with E-state index >= 15 is 0 Å². The van der Waals surface area contributed by atoms with Crippen molar-refractivity contribution in [2.24, 2.45) is 0 Å². The van der Waals surface area contributed by atoms with E-state index in [1.165, 1.54) is 16.5 Å². The predicted molar refractivity (Wildman–Crippen MR) is 81.2 cm³/mol. The molecule has 3 aromatic rings. The molecule has 0 spiro atoms. The van der Waals surface area contributed by atoms with Crippen molar-refractivity contribution < 1.29 is 4.79 Å². The fourth-order valence-electron chi connectivity index (χ4n) is 2.23. The van der Waals surface area contributed by atoms with Gasteiger partial charge in [0, 0.05) is 12.7 Å². The van der Waals surface area contributed by atoms with Crippen LogP contribution in [0.25, 0.3) is 11.2 Å². The molecule has 0 bridgehead atoms. The summed E-state index contributed by atoms with van der Waals surface area (Å²) < 4.78 is 1.45. The summed E-state index contributed by atoms with van der Waals surface area (Å²) in [5.74, 6) is 0. The third-order valence-corrected chi connectivity index (χ3v) is 3.39. The summed E-state index contributed by atoms with van der Waals surface area (Å²) in [6.07, 6.45) is 4.00. The molecule has 1 N–H and O–H groups in total. The maximum atomic E-state index is 12.2. The second kappa shape index (κ2) is 5.75. The number of aryl methyl sites for hydroxylation is 1. The van der Waals surface area contributed by atoms with Crippen molar-refractivity contribution in [3.05, 3.63) is 60.0 Å². The van der Waals surface area contributed by atoms with Gasteiger partial charge in [-0.15, -0.1) is 0 Å². The smallest absolute Gasteiger partial charge is 0.328 e. The summed E-state index contributed by atoms with van der Waals surface area (Å²) in [5.41, 5.74) is 3.56. The minimum absolute atomic E-state index is 0.202. The molecule has 1 amide bonds. The number of carbonyl (C=O) groups excluding carboxylic acids is 1. The summed E-state index contributed by atoms with van der Waals surface area (Å²) in [6.45, 7) is 2.53. The maximum absolute atomic E-state index is 12.2. The van der Waals surface area contributed by atoms with Gasteiger partial charge in [0.25, 0.3) is 0 Å². The highest BCUT2D eigenvalue weighted by Gasteiger charge is 2.11. The third kappa shape index (κ3) is 2.76. The van der Waals surface area contributed by atoms with Crippen LogP contribution in [0.3, 0.4) is 0 Å². The summed E-state index contributed by atoms with van der Waals surface area (Å²) in [7, 11) is 0. The van der Waals surface area contributed by atoms with Crippen LogP contribution >= 0.6 is 0 Å². The van der Waals surface area contributed by atoms with Gasteiger partial charge in [0.15, 0.2) is 5.65 Å². The highest BCUT2D eigenvalue weighted by molar-refractivity contribution is 5.88. The van der Waals surface area contributed by atoms with Gasteiger partial charge >= 0.3 is 6.03 Å². The predicted octanol–water partition coefficient (Wildman–Crippen LogP) is 2.54. The number of pyridine rings is 1. The second-order valence-corrected chi connectivity index (χ2v) is 4.88. The van der Waals surface area contributed by atoms with Crippen molar-refractivity contribution in [3.63, 3.8) is 0 Å². The van der Waals surface area contributed by atoms with Crippen LogP contribution in [-0.2, 0) is 6.42 Å². The topological polar surface area (TPSA) is 59.8 Å². The molecule has 0 fully saturated rings. The Balaban J connectivity index is 1.69. The Morgan fingerprint density at radius 1 is 1.19 bits per heavy atom. The van der Waals surface area contributed by atoms with Crippen molar-refractivity contribution in [2.75, 3.05) is 6.54 Å². The van der Waals surface area contributed by atoms with Crippen LogP contribution in [0.2, 0.25) is 0 Å². The van der Waals surface area contributed by atoms with Gasteiger partial charge in [0.1, 0.15) is 11.8 Å². The molecule has 106 valence electrons. The first-order valence-electron chi connectivity index (χ1n) is 6.86. The van der Waals surface area contributed by atoms with Crippen LogP contribution in [0.1, 0.15) is 11.1 Å². The highest BCUT2D eigenvalue weighted by atomic mass is 16.2. The normalized spacial score (nSPS) is 10.7. The van der Waals surface area contributed by atoms with E-state index < -0.39 is 0 Å². The molecule has 0 aliphatic carbocycles. The Kier molecular flexibility index (Phi) is 3.64. The van der Waals surface area contributed by atoms with Crippen molar-refractivity contribution >= 4 is 17.2 Å². The van der Waals surface area contributed by atoms with Crippen molar-refractivity contribution in [1.29, 1.82) is 0 Å². The molecule has 0 aliphatic rings. The summed E-state index contributed by atoms with van der Waals surface area (Å²) in [4.78, 5) is 20.7. The van der Waals surface area contributed by atoms with E-state index in [9.17, 15) is 4.79 Å². The standard InChI is InChI=1S/C16H16N4O/c1-12-7-9-17-15-14(12)19-11-20(15)16(21)18-10-8-13-5-3-2-4-6-13/h2-7,9,11H,8,10H2,1H3,(H,18,21). The number of hydrogen-bond acceptors (Lipinski definition) is 3. The van der Waals surface area contributed by atoms with E-state index in [0.717, 1.165) is 17.5 Å². The Bertz CT molecular complexity index is 764. The lowest BCUT2D eigenvalue weighted by Gasteiger charge is -2.06. The van der Waals surface area contributed by atoms with E-state index in [1.807, 2.05) is 43.3 Å². The number of nitrogens with zero attached hydrogens (tertiary/aromatic N) is 3. The number of hydrogen-bond donors (Lipinski definition) is 1. The Labute approximate surface area is 122 Å². The second-order valence-electron chi connectivity index (χ2n) is 4.88. The molecule has 1 aromatic carbocycles. The van der Waals surface area contributed by atoms with Crippen LogP contribution in [0, 0.1) is 6.92 Å². The van der Waals surface area contributed by atoms with Gasteiger partial charge in [-0.2, -0.15) is 0 Å². The molecule has 3 rings (SSSR count). The minimum Gasteiger partial charge on any atom is -0.337 e. The molecule has 21 heavy (non-hydrogen) atoms. The average Bonchev–Trinajstić information content (AvgIpc) is 2.94. The number of carbonyl (C=O) groups is 1. The van der Waals surface area contributed by atoms with Crippen LogP contribution in [0.5, 0.6) is 0 Å². The zero-order chi connectivity index (χ0) is 14.7. The van der Waals surface area contributed by atoms with Crippen molar-refractivity contribution in [3.8, 4) is 0 Å². The Morgan fingerprint density at radius 3 is 2.81 bits per heavy atom. The molecule has 0 aliphatic heterocycles. The number of aromatic nitrogens is 3. The molecular formula is C16H16N4O. The van der Waals surface area contributed by atoms with Crippen LogP contribution in [0.15, 0.2) is 48.9 Å². The van der Waals surface area contributed by atoms with Gasteiger partial charge in [-0.1, -0.05) is 30.3 Å². The minimum atomic E-state index is -0.202. The van der Waals surface area contributed by atoms with Gasteiger partial charge < -0.3 is 5.32 Å². The largest absolute Gasteiger partial charge is 0.337 e. The van der Waals surface area contributed by atoms with Crippen LogP contribution < -0.4 is 5.32 Å². The van der Waals surface area contributed by atoms with E-state index in [-0.39, 0.29) is 6.03 Å². The first-order valence-corrected chi connectivity index (χ1v) is 6.86. The lowest BCUT2D eigenvalue weighted by atomic mass is 10.1. The quantitative estimate of drug-likeness (QED) is 0.802. The molecule has 0 saturated carbocycles. The third-order valence-electron chi connectivity index (χ3n) is 3.39. The average molecular weight is 280 g/mol. The Morgan fingerprint density at radius 2 is 2.00 bits per heavy atom. The maximum Gasteiger partial charge on any atom is 0.328 e. The summed E-state index contributed by atoms with van der Waals surface area (Å²) in [5, 5.41) is 2.89. The molecule has 0 radical (unpaired) electrons. The van der Waals surface area contributed by atoms with Gasteiger partial charge in [-0.3, -0.25) is 0 Å². The number of nitrogens with one attached hydrogen (secondary N) is 1. The fraction of sp³-hybridized carbons (Fsp3) is 0.188. The fourth-order valence-corrected chi connectivity index (χ4v) is 2.23. The summed E-state index contributed by atoms with van der Waals surface area (Å²) in [6, 6.07) is 11.7. The highest BCUT2D eigenvalue weighted by Crippen LogP contribution is 2.13. The van der Waals surface area contributed by atoms with Gasteiger partial charge in [0.2, 0.25) is 0 Å². The Hall–Kier alpha value is -2.69. The number of benzene rings is 1. The molecule has 2 aromatic heterocycles. The van der Waals surface area contributed by atoms with E-state index in [4.69, 9.17) is 0 Å². The molecule has 0 unspecified atom stereocenters. The molecule has 5 nitrogen and oxygen atoms in total. The first-order chi connectivity index (χ1) is 10.3. The molecular weight excluding hydrogens is 264 g/mol. The van der Waals surface area contributed by atoms with Crippen molar-refractivity contribution in [2.45, 2.75) is 13.3 Å². The van der Waals surface area contributed by atoms with Crippen molar-refractivity contribution in [1.82, 2.24) is 19.9 Å². The molecule has 2 heterocycles. The summed E-state index contributed by atoms with van der Waals surface area (Å²) >= 11 is 0. The zero-order valence-electron chi connectivity index (χ0n) is 11.8. The number of amides is 1. The lowest BCUT2D eigenvalue weighted by Crippen LogP contribution is -2.30. The van der Waals surface area contributed by atoms with E-state index in [0.29, 0.717) is 12.2 Å². The zero-order valence-corrected chi connectivity index (χ0v) is 11.8. The number of fused-ring (bicyclic) bond motifs is 1. The monoisotopic (exact) mass is 280 g/mol. The molecule has 0 saturated heterocycles. The van der Waals surface area contributed by atoms with Gasteiger partial charge in [0.05, 0.1) is 0 Å². The van der Waals surface area contributed by atoms with Crippen LogP contribution in [0.4, 0.5) is 4.79 Å². The van der Waals surface area contributed by atoms with Crippen LogP contribution in [-0.4, -0.2) is 27.1 Å². The number of rotatable bonds is 3. The van der Waals surface area contributed by atoms with E-state index in [2.05, 4.69) is 15.3 Å². The SMILES string of the molecule is Cc1ccnc2c1ncn2C(=O)NCCc1ccccc1. The van der Waals surface area contributed by atoms with Gasteiger partial charge in [-0.05, 0) is 30.5 Å². The lowest BCUT2D eigenvalue weighted by molar-refractivity contribution is 0.243. The number of imidazole rings is 1. The molecule has 5 heteroatoms. The van der Waals surface area contributed by atoms with Gasteiger partial charge in [-0.25, -0.2) is 19.3 Å². The first kappa shape index (κ1) is 13.3. The van der Waals surface area contributed by atoms with E-state index in [1.54, 1.807) is 6.20 Å². The molecule has 0 atom stereocenters.